The number of amides is 1. The minimum Gasteiger partial charge on any atom is -0.352 e. The molecule has 3 rings (SSSR count). The van der Waals surface area contributed by atoms with Crippen LogP contribution in [-0.4, -0.2) is 46.1 Å². The van der Waals surface area contributed by atoms with Crippen LogP contribution < -0.4 is 10.2 Å². The van der Waals surface area contributed by atoms with Crippen molar-refractivity contribution in [3.8, 4) is 11.3 Å². The van der Waals surface area contributed by atoms with Gasteiger partial charge in [-0.25, -0.2) is 15.0 Å². The summed E-state index contributed by atoms with van der Waals surface area (Å²) in [6, 6.07) is 9.44. The third-order valence-electron chi connectivity index (χ3n) is 4.10. The zero-order valence-electron chi connectivity index (χ0n) is 15.9. The van der Waals surface area contributed by atoms with Crippen LogP contribution in [0.2, 0.25) is 0 Å². The number of carbonyl (C=O) groups excluding carboxylic acids is 1. The maximum absolute atomic E-state index is 12.5. The molecular weight excluding hydrogens is 340 g/mol. The summed E-state index contributed by atoms with van der Waals surface area (Å²) in [6.45, 7) is 3.38. The van der Waals surface area contributed by atoms with Gasteiger partial charge in [0, 0.05) is 56.4 Å². The molecule has 2 heterocycles. The maximum atomic E-state index is 12.5. The number of aryl methyl sites for hydroxylation is 2. The van der Waals surface area contributed by atoms with E-state index in [9.17, 15) is 4.79 Å². The first-order valence-corrected chi connectivity index (χ1v) is 8.90. The van der Waals surface area contributed by atoms with Crippen LogP contribution in [0.5, 0.6) is 0 Å². The fourth-order valence-corrected chi connectivity index (χ4v) is 2.71. The standard InChI is InChI=1S/C20H24N6O/c1-15-12-18(24-20(23-15)25(2)3)16-6-4-7-17(13-16)19(27)22-8-5-10-26-11-9-21-14-26/h4,6-7,9,11-14H,5,8,10H2,1-3H3,(H,22,27). The van der Waals surface area contributed by atoms with Crippen LogP contribution in [-0.2, 0) is 6.54 Å². The lowest BCUT2D eigenvalue weighted by Gasteiger charge is -2.13. The first kappa shape index (κ1) is 18.6. The van der Waals surface area contributed by atoms with E-state index in [0.717, 1.165) is 29.9 Å². The van der Waals surface area contributed by atoms with Crippen molar-refractivity contribution in [3.63, 3.8) is 0 Å². The lowest BCUT2D eigenvalue weighted by Crippen LogP contribution is -2.25. The summed E-state index contributed by atoms with van der Waals surface area (Å²) in [5.41, 5.74) is 3.21. The van der Waals surface area contributed by atoms with E-state index in [4.69, 9.17) is 0 Å². The third-order valence-corrected chi connectivity index (χ3v) is 4.10. The fraction of sp³-hybridized carbons (Fsp3) is 0.300. The first-order chi connectivity index (χ1) is 13.0. The fourth-order valence-electron chi connectivity index (χ4n) is 2.71. The highest BCUT2D eigenvalue weighted by atomic mass is 16.1. The Bertz CT molecular complexity index is 905. The van der Waals surface area contributed by atoms with Crippen molar-refractivity contribution in [1.29, 1.82) is 0 Å². The minimum absolute atomic E-state index is 0.0823. The molecule has 1 aromatic carbocycles. The summed E-state index contributed by atoms with van der Waals surface area (Å²) in [6.07, 6.45) is 6.29. The number of hydrogen-bond acceptors (Lipinski definition) is 5. The lowest BCUT2D eigenvalue weighted by molar-refractivity contribution is 0.0953. The van der Waals surface area contributed by atoms with Crippen LogP contribution in [0, 0.1) is 6.92 Å². The second kappa shape index (κ2) is 8.44. The van der Waals surface area contributed by atoms with Gasteiger partial charge in [-0.05, 0) is 31.5 Å². The van der Waals surface area contributed by atoms with Gasteiger partial charge in [-0.2, -0.15) is 0 Å². The molecule has 0 bridgehead atoms. The smallest absolute Gasteiger partial charge is 0.251 e. The molecule has 0 aliphatic heterocycles. The Morgan fingerprint density at radius 2 is 2.07 bits per heavy atom. The molecule has 0 aliphatic carbocycles. The number of carbonyl (C=O) groups is 1. The maximum Gasteiger partial charge on any atom is 0.251 e. The zero-order valence-corrected chi connectivity index (χ0v) is 15.9. The summed E-state index contributed by atoms with van der Waals surface area (Å²) in [5, 5.41) is 2.97. The highest BCUT2D eigenvalue weighted by molar-refractivity contribution is 5.95. The Hall–Kier alpha value is -3.22. The van der Waals surface area contributed by atoms with Crippen molar-refractivity contribution < 1.29 is 4.79 Å². The average molecular weight is 364 g/mol. The van der Waals surface area contributed by atoms with Crippen molar-refractivity contribution in [3.05, 3.63) is 60.3 Å². The minimum atomic E-state index is -0.0823. The normalized spacial score (nSPS) is 10.6. The van der Waals surface area contributed by atoms with Crippen molar-refractivity contribution in [1.82, 2.24) is 24.8 Å². The van der Waals surface area contributed by atoms with Crippen molar-refractivity contribution in [2.45, 2.75) is 19.9 Å². The molecule has 0 fully saturated rings. The highest BCUT2D eigenvalue weighted by Gasteiger charge is 2.10. The van der Waals surface area contributed by atoms with E-state index in [2.05, 4.69) is 20.3 Å². The second-order valence-corrected chi connectivity index (χ2v) is 6.58. The summed E-state index contributed by atoms with van der Waals surface area (Å²) < 4.78 is 1.99. The van der Waals surface area contributed by atoms with Gasteiger partial charge in [0.2, 0.25) is 5.95 Å². The SMILES string of the molecule is Cc1cc(-c2cccc(C(=O)NCCCn3ccnc3)c2)nc(N(C)C)n1. The molecule has 0 unspecified atom stereocenters. The Kier molecular flexibility index (Phi) is 5.80. The Morgan fingerprint density at radius 1 is 1.22 bits per heavy atom. The van der Waals surface area contributed by atoms with Gasteiger partial charge in [0.1, 0.15) is 0 Å². The lowest BCUT2D eigenvalue weighted by atomic mass is 10.1. The number of anilines is 1. The largest absolute Gasteiger partial charge is 0.352 e. The topological polar surface area (TPSA) is 75.9 Å². The second-order valence-electron chi connectivity index (χ2n) is 6.58. The molecule has 0 aliphatic rings. The van der Waals surface area contributed by atoms with Gasteiger partial charge >= 0.3 is 0 Å². The molecule has 7 nitrogen and oxygen atoms in total. The summed E-state index contributed by atoms with van der Waals surface area (Å²) in [4.78, 5) is 27.3. The van der Waals surface area contributed by atoms with Gasteiger partial charge in [0.05, 0.1) is 12.0 Å². The number of nitrogens with zero attached hydrogens (tertiary/aromatic N) is 5. The van der Waals surface area contributed by atoms with E-state index in [1.165, 1.54) is 0 Å². The molecule has 1 amide bonds. The summed E-state index contributed by atoms with van der Waals surface area (Å²) in [7, 11) is 3.82. The van der Waals surface area contributed by atoms with E-state index in [1.807, 2.05) is 67.0 Å². The van der Waals surface area contributed by atoms with Gasteiger partial charge < -0.3 is 14.8 Å². The number of benzene rings is 1. The average Bonchev–Trinajstić information content (AvgIpc) is 3.18. The predicted molar refractivity (Wildman–Crippen MR) is 106 cm³/mol. The Balaban J connectivity index is 1.67. The molecule has 2 aromatic heterocycles. The molecule has 0 spiro atoms. The predicted octanol–water partition coefficient (Wildman–Crippen LogP) is 2.53. The van der Waals surface area contributed by atoms with E-state index >= 15 is 0 Å². The summed E-state index contributed by atoms with van der Waals surface area (Å²) in [5.74, 6) is 0.570. The van der Waals surface area contributed by atoms with Gasteiger partial charge in [-0.1, -0.05) is 12.1 Å². The number of aromatic nitrogens is 4. The first-order valence-electron chi connectivity index (χ1n) is 8.90. The van der Waals surface area contributed by atoms with Gasteiger partial charge in [-0.3, -0.25) is 4.79 Å². The van der Waals surface area contributed by atoms with Gasteiger partial charge in [-0.15, -0.1) is 0 Å². The van der Waals surface area contributed by atoms with E-state index < -0.39 is 0 Å². The molecule has 0 saturated carbocycles. The van der Waals surface area contributed by atoms with Crippen LogP contribution in [0.4, 0.5) is 5.95 Å². The van der Waals surface area contributed by atoms with Crippen LogP contribution in [0.25, 0.3) is 11.3 Å². The number of nitrogens with one attached hydrogen (secondary N) is 1. The quantitative estimate of drug-likeness (QED) is 0.652. The van der Waals surface area contributed by atoms with Gasteiger partial charge in [0.15, 0.2) is 0 Å². The van der Waals surface area contributed by atoms with Crippen LogP contribution >= 0.6 is 0 Å². The van der Waals surface area contributed by atoms with Crippen molar-refractivity contribution >= 4 is 11.9 Å². The number of rotatable bonds is 7. The van der Waals surface area contributed by atoms with Gasteiger partial charge in [0.25, 0.3) is 5.91 Å². The number of imidazole rings is 1. The molecule has 1 N–H and O–H groups in total. The van der Waals surface area contributed by atoms with E-state index in [-0.39, 0.29) is 5.91 Å². The Labute approximate surface area is 159 Å². The third kappa shape index (κ3) is 4.91. The van der Waals surface area contributed by atoms with Crippen LogP contribution in [0.15, 0.2) is 49.1 Å². The number of hydrogen-bond donors (Lipinski definition) is 1. The van der Waals surface area contributed by atoms with Crippen LogP contribution in [0.1, 0.15) is 22.5 Å². The van der Waals surface area contributed by atoms with E-state index in [1.54, 1.807) is 12.5 Å². The molecule has 7 heteroatoms. The highest BCUT2D eigenvalue weighted by Crippen LogP contribution is 2.21. The van der Waals surface area contributed by atoms with E-state index in [0.29, 0.717) is 18.1 Å². The zero-order chi connectivity index (χ0) is 19.2. The molecule has 140 valence electrons. The Morgan fingerprint density at radius 3 is 2.81 bits per heavy atom. The molecule has 0 radical (unpaired) electrons. The molecule has 27 heavy (non-hydrogen) atoms. The van der Waals surface area contributed by atoms with Crippen molar-refractivity contribution in [2.75, 3.05) is 25.5 Å². The van der Waals surface area contributed by atoms with Crippen molar-refractivity contribution in [2.24, 2.45) is 0 Å². The molecule has 0 saturated heterocycles. The molecule has 3 aromatic rings. The van der Waals surface area contributed by atoms with Crippen LogP contribution in [0.3, 0.4) is 0 Å². The monoisotopic (exact) mass is 364 g/mol. The molecule has 0 atom stereocenters. The summed E-state index contributed by atoms with van der Waals surface area (Å²) >= 11 is 0. The molecular formula is C20H24N6O.